The van der Waals surface area contributed by atoms with Crippen LogP contribution in [0.3, 0.4) is 0 Å². The summed E-state index contributed by atoms with van der Waals surface area (Å²) in [4.78, 5) is 30.1. The minimum absolute atomic E-state index is 0.0322. The lowest BCUT2D eigenvalue weighted by atomic mass is 9.78. The molecule has 5 rings (SSSR count). The maximum Gasteiger partial charge on any atom is 0.442 e. The van der Waals surface area contributed by atoms with Gasteiger partial charge in [0.25, 0.3) is 5.91 Å². The lowest BCUT2D eigenvalue weighted by Gasteiger charge is -2.55. The van der Waals surface area contributed by atoms with Crippen molar-refractivity contribution in [2.75, 3.05) is 60.8 Å². The molecule has 14 heteroatoms. The van der Waals surface area contributed by atoms with Crippen LogP contribution in [0.1, 0.15) is 56.0 Å². The van der Waals surface area contributed by atoms with Crippen molar-refractivity contribution in [1.29, 1.82) is 0 Å². The van der Waals surface area contributed by atoms with Crippen LogP contribution in [0.2, 0.25) is 0 Å². The second-order valence-corrected chi connectivity index (χ2v) is 15.0. The van der Waals surface area contributed by atoms with Crippen LogP contribution in [-0.4, -0.2) is 83.6 Å². The molecule has 1 atom stereocenters. The first-order valence-electron chi connectivity index (χ1n) is 14.3. The normalized spacial score (nSPS) is 20.7. The Bertz CT molecular complexity index is 1540. The molecule has 43 heavy (non-hydrogen) atoms. The number of anilines is 3. The molecule has 3 fully saturated rings. The Labute approximate surface area is 250 Å². The van der Waals surface area contributed by atoms with Gasteiger partial charge in [0.2, 0.25) is 5.92 Å². The molecular weight excluding hydrogens is 582 g/mol. The monoisotopic (exact) mass is 620 g/mol. The molecule has 11 nitrogen and oxygen atoms in total. The number of carbonyl (C=O) groups excluding carboxylic acids is 2. The molecule has 0 unspecified atom stereocenters. The van der Waals surface area contributed by atoms with Gasteiger partial charge >= 0.3 is 6.09 Å². The fourth-order valence-electron chi connectivity index (χ4n) is 5.53. The molecule has 234 valence electrons. The van der Waals surface area contributed by atoms with Crippen LogP contribution in [0.25, 0.3) is 0 Å². The molecule has 1 aromatic carbocycles. The van der Waals surface area contributed by atoms with E-state index in [2.05, 4.69) is 19.9 Å². The second-order valence-electron chi connectivity index (χ2n) is 12.7. The van der Waals surface area contributed by atoms with E-state index in [9.17, 15) is 22.6 Å². The molecule has 3 saturated heterocycles. The zero-order chi connectivity index (χ0) is 31.2. The highest BCUT2D eigenvalue weighted by Gasteiger charge is 2.50. The number of amides is 2. The van der Waals surface area contributed by atoms with Gasteiger partial charge in [0.1, 0.15) is 5.60 Å². The summed E-state index contributed by atoms with van der Waals surface area (Å²) in [6.07, 6.45) is 0.0410. The SMILES string of the molecule is Cc1c(N2CC3(COC3)C2)nnc(N2CCCC(F)(F)CC2)c1C(=O)Nc1cccc([S@@](C)(=O)=NC(=O)OC(C)(C)C)c1. The number of halogens is 2. The topological polar surface area (TPSA) is 126 Å². The first kappa shape index (κ1) is 31.0. The average Bonchev–Trinajstić information content (AvgIpc) is 3.01. The van der Waals surface area contributed by atoms with E-state index in [-0.39, 0.29) is 47.5 Å². The summed E-state index contributed by atoms with van der Waals surface area (Å²) in [5, 5.41) is 11.7. The van der Waals surface area contributed by atoms with E-state index in [1.54, 1.807) is 50.8 Å². The van der Waals surface area contributed by atoms with Gasteiger partial charge in [-0.15, -0.1) is 14.6 Å². The van der Waals surface area contributed by atoms with E-state index in [4.69, 9.17) is 9.47 Å². The summed E-state index contributed by atoms with van der Waals surface area (Å²) in [6, 6.07) is 6.26. The third kappa shape index (κ3) is 6.90. The summed E-state index contributed by atoms with van der Waals surface area (Å²) >= 11 is 0. The number of hydrogen-bond acceptors (Lipinski definition) is 9. The number of alkyl halides is 2. The Hall–Kier alpha value is -3.39. The van der Waals surface area contributed by atoms with E-state index < -0.39 is 33.3 Å². The van der Waals surface area contributed by atoms with Crippen LogP contribution in [-0.2, 0) is 19.2 Å². The predicted molar refractivity (Wildman–Crippen MR) is 159 cm³/mol. The van der Waals surface area contributed by atoms with Gasteiger partial charge < -0.3 is 24.6 Å². The molecule has 0 aliphatic carbocycles. The van der Waals surface area contributed by atoms with Crippen LogP contribution in [0.4, 0.5) is 30.9 Å². The highest BCUT2D eigenvalue weighted by molar-refractivity contribution is 7.93. The number of nitrogens with one attached hydrogen (secondary N) is 1. The van der Waals surface area contributed by atoms with Crippen molar-refractivity contribution >= 4 is 39.1 Å². The molecule has 0 saturated carbocycles. The van der Waals surface area contributed by atoms with Gasteiger partial charge in [0, 0.05) is 61.4 Å². The molecule has 2 aromatic rings. The molecular formula is C29H38F2N6O5S. The Morgan fingerprint density at radius 3 is 2.44 bits per heavy atom. The minimum atomic E-state index is -3.19. The molecule has 0 radical (unpaired) electrons. The number of benzene rings is 1. The van der Waals surface area contributed by atoms with E-state index in [0.717, 1.165) is 13.1 Å². The van der Waals surface area contributed by atoms with Crippen LogP contribution in [0.5, 0.6) is 0 Å². The Morgan fingerprint density at radius 1 is 1.09 bits per heavy atom. The first-order valence-corrected chi connectivity index (χ1v) is 16.2. The Morgan fingerprint density at radius 2 is 1.79 bits per heavy atom. The van der Waals surface area contributed by atoms with Crippen molar-refractivity contribution in [3.8, 4) is 0 Å². The third-order valence-electron chi connectivity index (χ3n) is 7.76. The predicted octanol–water partition coefficient (Wildman–Crippen LogP) is 4.89. The van der Waals surface area contributed by atoms with Crippen LogP contribution >= 0.6 is 0 Å². The largest absolute Gasteiger partial charge is 0.442 e. The summed E-state index contributed by atoms with van der Waals surface area (Å²) in [6.45, 7) is 10.00. The second kappa shape index (κ2) is 11.3. The fourth-order valence-corrected chi connectivity index (χ4v) is 6.64. The average molecular weight is 621 g/mol. The number of nitrogens with zero attached hydrogens (tertiary/aromatic N) is 5. The third-order valence-corrected chi connectivity index (χ3v) is 9.38. The zero-order valence-electron chi connectivity index (χ0n) is 25.1. The maximum atomic E-state index is 14.2. The van der Waals surface area contributed by atoms with Crippen LogP contribution < -0.4 is 15.1 Å². The van der Waals surface area contributed by atoms with Crippen LogP contribution in [0, 0.1) is 12.3 Å². The zero-order valence-corrected chi connectivity index (χ0v) is 25.9. The number of ether oxygens (including phenoxy) is 2. The van der Waals surface area contributed by atoms with E-state index in [1.807, 2.05) is 4.90 Å². The number of rotatable bonds is 5. The van der Waals surface area contributed by atoms with Crippen molar-refractivity contribution in [2.45, 2.75) is 63.4 Å². The fraction of sp³-hybridized carbons (Fsp3) is 0.586. The molecule has 3 aliphatic heterocycles. The standard InChI is InChI=1S/C29H38F2N6O5S/c1-19-22(25(38)32-20-8-6-9-21(14-20)43(5,40)35-26(39)42-27(2,3)4)24(36-12-7-10-29(30,31)11-13-36)34-33-23(19)37-15-28(16-37)17-41-18-28/h6,8-9,14H,7,10-13,15-18H2,1-5H3,(H,32,38)/t43-/m1/s1. The summed E-state index contributed by atoms with van der Waals surface area (Å²) < 4.78 is 56.1. The summed E-state index contributed by atoms with van der Waals surface area (Å²) in [7, 11) is -3.19. The summed E-state index contributed by atoms with van der Waals surface area (Å²) in [5.41, 5.74) is 0.442. The lowest BCUT2D eigenvalue weighted by molar-refractivity contribution is -0.127. The number of aromatic nitrogens is 2. The Balaban J connectivity index is 1.45. The van der Waals surface area contributed by atoms with E-state index in [1.165, 1.54) is 12.3 Å². The molecule has 1 aromatic heterocycles. The van der Waals surface area contributed by atoms with Gasteiger partial charge in [-0.2, -0.15) is 0 Å². The van der Waals surface area contributed by atoms with Crippen molar-refractivity contribution < 1.29 is 32.1 Å². The van der Waals surface area contributed by atoms with Gasteiger partial charge in [-0.05, 0) is 52.3 Å². The van der Waals surface area contributed by atoms with Crippen LogP contribution in [0.15, 0.2) is 33.5 Å². The van der Waals surface area contributed by atoms with Gasteiger partial charge in [-0.3, -0.25) is 4.79 Å². The molecule has 2 amide bonds. The van der Waals surface area contributed by atoms with E-state index in [0.29, 0.717) is 36.8 Å². The molecule has 4 heterocycles. The number of carbonyl (C=O) groups is 2. The smallest absolute Gasteiger partial charge is 0.442 e. The Kier molecular flexibility index (Phi) is 8.14. The highest BCUT2D eigenvalue weighted by atomic mass is 32.2. The van der Waals surface area contributed by atoms with Crippen molar-refractivity contribution in [1.82, 2.24) is 10.2 Å². The van der Waals surface area contributed by atoms with Crippen molar-refractivity contribution in [2.24, 2.45) is 9.78 Å². The lowest BCUT2D eigenvalue weighted by Crippen LogP contribution is -2.66. The molecule has 1 N–H and O–H groups in total. The van der Waals surface area contributed by atoms with Crippen molar-refractivity contribution in [3.05, 3.63) is 35.4 Å². The van der Waals surface area contributed by atoms with Crippen molar-refractivity contribution in [3.63, 3.8) is 0 Å². The molecule has 3 aliphatic rings. The molecule has 0 bridgehead atoms. The first-order chi connectivity index (χ1) is 20.1. The quantitative estimate of drug-likeness (QED) is 0.497. The summed E-state index contributed by atoms with van der Waals surface area (Å²) in [5.74, 6) is -2.48. The molecule has 1 spiro atoms. The van der Waals surface area contributed by atoms with Gasteiger partial charge in [-0.25, -0.2) is 17.8 Å². The van der Waals surface area contributed by atoms with Gasteiger partial charge in [-0.1, -0.05) is 6.07 Å². The highest BCUT2D eigenvalue weighted by Crippen LogP contribution is 2.42. The van der Waals surface area contributed by atoms with Gasteiger partial charge in [0.05, 0.1) is 33.9 Å². The number of hydrogen-bond donors (Lipinski definition) is 1. The maximum absolute atomic E-state index is 14.2. The minimum Gasteiger partial charge on any atom is -0.442 e. The van der Waals surface area contributed by atoms with E-state index >= 15 is 0 Å². The van der Waals surface area contributed by atoms with Gasteiger partial charge in [0.15, 0.2) is 11.6 Å².